The van der Waals surface area contributed by atoms with Crippen LogP contribution < -0.4 is 9.47 Å². The second-order valence-corrected chi connectivity index (χ2v) is 10.3. The summed E-state index contributed by atoms with van der Waals surface area (Å²) >= 11 is 29.5. The van der Waals surface area contributed by atoms with Crippen LogP contribution in [0.15, 0.2) is 45.3 Å². The number of hydrogen-bond acceptors (Lipinski definition) is 2. The number of benzene rings is 2. The van der Waals surface area contributed by atoms with Gasteiger partial charge in [0, 0.05) is 14.3 Å². The zero-order valence-corrected chi connectivity index (χ0v) is 21.9. The van der Waals surface area contributed by atoms with E-state index in [9.17, 15) is 0 Å². The van der Waals surface area contributed by atoms with Crippen LogP contribution in [0.1, 0.15) is 11.1 Å². The first-order valence-electron chi connectivity index (χ1n) is 6.96. The summed E-state index contributed by atoms with van der Waals surface area (Å²) in [5, 5.41) is 0.838. The van der Waals surface area contributed by atoms with Crippen LogP contribution in [-0.2, 0) is 5.33 Å². The van der Waals surface area contributed by atoms with Crippen molar-refractivity contribution in [2.45, 2.75) is 15.5 Å². The van der Waals surface area contributed by atoms with E-state index in [-0.39, 0.29) is 0 Å². The predicted octanol–water partition coefficient (Wildman–Crippen LogP) is 8.67. The maximum absolute atomic E-state index is 5.07. The van der Waals surface area contributed by atoms with Crippen molar-refractivity contribution in [3.63, 3.8) is 0 Å². The molecule has 146 valence electrons. The molecule has 0 bridgehead atoms. The number of rotatable bonds is 3. The first-order chi connectivity index (χ1) is 12.0. The Labute approximate surface area is 199 Å². The van der Waals surface area contributed by atoms with Crippen LogP contribution in [-0.4, -0.2) is 17.5 Å². The van der Waals surface area contributed by atoms with Gasteiger partial charge >= 0.3 is 0 Å². The quantitative estimate of drug-likeness (QED) is 0.315. The monoisotopic (exact) mass is 630 g/mol. The molecule has 0 aliphatic rings. The Morgan fingerprint density at radius 1 is 0.846 bits per heavy atom. The van der Waals surface area contributed by atoms with Crippen molar-refractivity contribution in [1.82, 2.24) is 0 Å². The van der Waals surface area contributed by atoms with Gasteiger partial charge in [-0.1, -0.05) is 94.2 Å². The molecule has 0 atom stereocenters. The van der Waals surface area contributed by atoms with Crippen LogP contribution in [0.25, 0.3) is 0 Å². The number of alkyl halides is 5. The number of methoxy groups -OCH3 is 2. The molecule has 2 aromatic carbocycles. The molecule has 0 N–H and O–H groups in total. The second kappa shape index (κ2) is 13.8. The van der Waals surface area contributed by atoms with Crippen LogP contribution in [0.4, 0.5) is 0 Å². The highest BCUT2D eigenvalue weighted by atomic mass is 79.9. The van der Waals surface area contributed by atoms with Crippen molar-refractivity contribution >= 4 is 94.2 Å². The third-order valence-electron chi connectivity index (χ3n) is 2.76. The third kappa shape index (κ3) is 12.9. The molecule has 26 heavy (non-hydrogen) atoms. The van der Waals surface area contributed by atoms with Crippen LogP contribution in [0.2, 0.25) is 0 Å². The van der Waals surface area contributed by atoms with Crippen molar-refractivity contribution in [3.05, 3.63) is 56.5 Å². The number of ether oxygens (including phenoxy) is 2. The van der Waals surface area contributed by atoms with Crippen LogP contribution in [0, 0.1) is 6.92 Å². The summed E-state index contributed by atoms with van der Waals surface area (Å²) in [4.78, 5) is 0. The SMILES string of the molecule is COc1ccc(Br)c(C)c1.COc1ccc(Br)c(CBr)c1.ClC(Cl)(Cl)Cl. The van der Waals surface area contributed by atoms with E-state index in [4.69, 9.17) is 55.9 Å². The minimum atomic E-state index is -1.61. The van der Waals surface area contributed by atoms with E-state index in [0.717, 1.165) is 25.8 Å². The van der Waals surface area contributed by atoms with E-state index in [2.05, 4.69) is 47.8 Å². The fraction of sp³-hybridized carbons (Fsp3) is 0.294. The molecular weight excluding hydrogens is 618 g/mol. The maximum atomic E-state index is 5.07. The highest BCUT2D eigenvalue weighted by Crippen LogP contribution is 2.29. The molecule has 0 aliphatic heterocycles. The lowest BCUT2D eigenvalue weighted by Crippen LogP contribution is -1.85. The number of aryl methyl sites for hydroxylation is 1. The Balaban J connectivity index is 0.000000387. The minimum absolute atomic E-state index is 0.838. The molecule has 2 nitrogen and oxygen atoms in total. The van der Waals surface area contributed by atoms with Gasteiger partial charge in [0.05, 0.1) is 14.2 Å². The summed E-state index contributed by atoms with van der Waals surface area (Å²) in [5.41, 5.74) is 2.39. The van der Waals surface area contributed by atoms with Gasteiger partial charge in [-0.25, -0.2) is 0 Å². The molecule has 2 rings (SSSR count). The summed E-state index contributed by atoms with van der Waals surface area (Å²) in [5.74, 6) is 1.79. The Morgan fingerprint density at radius 3 is 1.65 bits per heavy atom. The summed E-state index contributed by atoms with van der Waals surface area (Å²) in [6.07, 6.45) is 0. The lowest BCUT2D eigenvalue weighted by molar-refractivity contribution is 0.414. The van der Waals surface area contributed by atoms with Gasteiger partial charge in [-0.05, 0) is 54.4 Å². The predicted molar refractivity (Wildman–Crippen MR) is 125 cm³/mol. The normalized spacial score (nSPS) is 10.1. The van der Waals surface area contributed by atoms with Gasteiger partial charge in [0.1, 0.15) is 11.5 Å². The fourth-order valence-electron chi connectivity index (χ4n) is 1.52. The van der Waals surface area contributed by atoms with Crippen LogP contribution in [0.3, 0.4) is 0 Å². The lowest BCUT2D eigenvalue weighted by atomic mass is 10.2. The van der Waals surface area contributed by atoms with Gasteiger partial charge in [-0.2, -0.15) is 0 Å². The van der Waals surface area contributed by atoms with E-state index in [0.29, 0.717) is 0 Å². The van der Waals surface area contributed by atoms with E-state index in [1.54, 1.807) is 14.2 Å². The fourth-order valence-corrected chi connectivity index (χ4v) is 3.00. The molecule has 0 radical (unpaired) electrons. The zero-order valence-electron chi connectivity index (χ0n) is 14.1. The summed E-state index contributed by atoms with van der Waals surface area (Å²) in [6.45, 7) is 2.03. The van der Waals surface area contributed by atoms with Crippen LogP contribution in [0.5, 0.6) is 11.5 Å². The zero-order chi connectivity index (χ0) is 20.3. The number of hydrogen-bond donors (Lipinski definition) is 0. The van der Waals surface area contributed by atoms with Crippen molar-refractivity contribution in [2.24, 2.45) is 0 Å². The van der Waals surface area contributed by atoms with Gasteiger partial charge in [-0.3, -0.25) is 0 Å². The average molecular weight is 635 g/mol. The lowest BCUT2D eigenvalue weighted by Gasteiger charge is -2.03. The van der Waals surface area contributed by atoms with Gasteiger partial charge in [0.15, 0.2) is 0 Å². The summed E-state index contributed by atoms with van der Waals surface area (Å²) in [7, 11) is 3.34. The van der Waals surface area contributed by atoms with Crippen LogP contribution >= 0.6 is 94.2 Å². The maximum Gasteiger partial charge on any atom is 0.266 e. The molecule has 0 fully saturated rings. The minimum Gasteiger partial charge on any atom is -0.497 e. The smallest absolute Gasteiger partial charge is 0.266 e. The third-order valence-corrected chi connectivity index (χ3v) is 5.03. The van der Waals surface area contributed by atoms with Gasteiger partial charge in [-0.15, -0.1) is 0 Å². The Morgan fingerprint density at radius 2 is 1.27 bits per heavy atom. The molecule has 0 aromatic heterocycles. The number of halogens is 7. The molecule has 0 spiro atoms. The highest BCUT2D eigenvalue weighted by molar-refractivity contribution is 9.11. The first-order valence-corrected chi connectivity index (χ1v) is 11.2. The first kappa shape index (κ1) is 26.6. The molecule has 0 aliphatic carbocycles. The standard InChI is InChI=1S/C8H8Br2O.C8H9BrO.CCl4/c1-11-7-2-3-8(10)6(4-7)5-9;1-6-5-7(10-2)3-4-8(6)9;2-1(3,4)5/h2-4H,5H2,1H3;3-5H,1-2H3;. The topological polar surface area (TPSA) is 18.5 Å². The summed E-state index contributed by atoms with van der Waals surface area (Å²) < 4.78 is 10.7. The molecule has 0 heterocycles. The van der Waals surface area contributed by atoms with Gasteiger partial charge in [0.2, 0.25) is 0 Å². The largest absolute Gasteiger partial charge is 0.497 e. The van der Waals surface area contributed by atoms with Crippen molar-refractivity contribution < 1.29 is 9.47 Å². The van der Waals surface area contributed by atoms with Gasteiger partial charge < -0.3 is 9.47 Å². The van der Waals surface area contributed by atoms with E-state index < -0.39 is 3.25 Å². The molecule has 2 aromatic rings. The van der Waals surface area contributed by atoms with E-state index >= 15 is 0 Å². The summed E-state index contributed by atoms with van der Waals surface area (Å²) in [6, 6.07) is 11.8. The molecule has 0 unspecified atom stereocenters. The molecular formula is C17H17Br3Cl4O2. The molecule has 0 saturated heterocycles. The Hall–Kier alpha value is 0.640. The van der Waals surface area contributed by atoms with E-state index in [1.165, 1.54) is 11.1 Å². The molecule has 9 heteroatoms. The second-order valence-electron chi connectivity index (χ2n) is 4.63. The van der Waals surface area contributed by atoms with E-state index in [1.807, 2.05) is 43.3 Å². The highest BCUT2D eigenvalue weighted by Gasteiger charge is 2.11. The van der Waals surface area contributed by atoms with Crippen molar-refractivity contribution in [2.75, 3.05) is 14.2 Å². The molecule has 0 saturated carbocycles. The van der Waals surface area contributed by atoms with Gasteiger partial charge in [0.25, 0.3) is 3.25 Å². The molecule has 0 amide bonds. The van der Waals surface area contributed by atoms with Crippen molar-refractivity contribution in [1.29, 1.82) is 0 Å². The average Bonchev–Trinajstić information content (AvgIpc) is 2.57. The Bertz CT molecular complexity index is 674. The Kier molecular flexibility index (Phi) is 14.1. The van der Waals surface area contributed by atoms with Crippen molar-refractivity contribution in [3.8, 4) is 11.5 Å².